The van der Waals surface area contributed by atoms with E-state index in [0.717, 1.165) is 25.7 Å². The van der Waals surface area contributed by atoms with Gasteiger partial charge in [0.15, 0.2) is 9.84 Å². The van der Waals surface area contributed by atoms with E-state index >= 15 is 0 Å². The van der Waals surface area contributed by atoms with E-state index in [-0.39, 0.29) is 11.7 Å². The van der Waals surface area contributed by atoms with Gasteiger partial charge in [-0.3, -0.25) is 4.79 Å². The predicted molar refractivity (Wildman–Crippen MR) is 84.0 cm³/mol. The summed E-state index contributed by atoms with van der Waals surface area (Å²) in [5.41, 5.74) is 0.656. The van der Waals surface area contributed by atoms with Gasteiger partial charge in [0.2, 0.25) is 5.91 Å². The minimum absolute atomic E-state index is 0.121. The van der Waals surface area contributed by atoms with Crippen molar-refractivity contribution in [3.63, 3.8) is 0 Å². The molecule has 0 aromatic heterocycles. The highest BCUT2D eigenvalue weighted by molar-refractivity contribution is 7.91. The van der Waals surface area contributed by atoms with Crippen molar-refractivity contribution < 1.29 is 13.2 Å². The minimum Gasteiger partial charge on any atom is -0.342 e. The van der Waals surface area contributed by atoms with Crippen LogP contribution in [0.4, 0.5) is 0 Å². The summed E-state index contributed by atoms with van der Waals surface area (Å²) < 4.78 is 24.3. The Bertz CT molecular complexity index is 575. The van der Waals surface area contributed by atoms with Gasteiger partial charge in [0.25, 0.3) is 0 Å². The Kier molecular flexibility index (Phi) is 5.65. The van der Waals surface area contributed by atoms with Gasteiger partial charge in [0.1, 0.15) is 5.75 Å². The maximum Gasteiger partial charge on any atom is 0.237 e. The Labute approximate surface area is 131 Å². The highest BCUT2D eigenvalue weighted by atomic mass is 35.5. The molecule has 6 heteroatoms. The molecule has 2 rings (SSSR count). The van der Waals surface area contributed by atoms with E-state index in [4.69, 9.17) is 11.6 Å². The number of likely N-dealkylation sites (tertiary alicyclic amines) is 1. The lowest BCUT2D eigenvalue weighted by atomic mass is 10.2. The highest BCUT2D eigenvalue weighted by Crippen LogP contribution is 2.14. The molecule has 1 saturated heterocycles. The average molecular weight is 330 g/mol. The Morgan fingerprint density at radius 3 is 2.19 bits per heavy atom. The number of carbonyl (C=O) groups is 1. The van der Waals surface area contributed by atoms with Gasteiger partial charge < -0.3 is 4.90 Å². The third kappa shape index (κ3) is 5.32. The number of halogens is 1. The summed E-state index contributed by atoms with van der Waals surface area (Å²) in [6.45, 7) is 1.35. The smallest absolute Gasteiger partial charge is 0.237 e. The van der Waals surface area contributed by atoms with E-state index in [0.29, 0.717) is 23.7 Å². The van der Waals surface area contributed by atoms with Crippen LogP contribution in [0.5, 0.6) is 0 Å². The Morgan fingerprint density at radius 1 is 1.05 bits per heavy atom. The summed E-state index contributed by atoms with van der Waals surface area (Å²) in [6, 6.07) is 6.67. The molecule has 1 heterocycles. The summed E-state index contributed by atoms with van der Waals surface area (Å²) in [6.07, 6.45) is 4.15. The number of amides is 1. The predicted octanol–water partition coefficient (Wildman–Crippen LogP) is 2.66. The molecule has 1 fully saturated rings. The first-order valence-corrected chi connectivity index (χ1v) is 9.39. The fourth-order valence-corrected chi connectivity index (χ4v) is 3.97. The van der Waals surface area contributed by atoms with Gasteiger partial charge in [-0.1, -0.05) is 36.6 Å². The van der Waals surface area contributed by atoms with Gasteiger partial charge in [0, 0.05) is 18.1 Å². The number of nitrogens with zero attached hydrogens (tertiary/aromatic N) is 1. The fourth-order valence-electron chi connectivity index (χ4n) is 2.49. The first kappa shape index (κ1) is 16.3. The van der Waals surface area contributed by atoms with Crippen molar-refractivity contribution in [1.29, 1.82) is 0 Å². The highest BCUT2D eigenvalue weighted by Gasteiger charge is 2.22. The van der Waals surface area contributed by atoms with E-state index in [9.17, 15) is 13.2 Å². The van der Waals surface area contributed by atoms with Crippen LogP contribution >= 0.6 is 11.6 Å². The SMILES string of the molecule is O=C(CS(=O)(=O)Cc1ccc(Cl)cc1)N1CCCCCC1. The molecular formula is C15H20ClNO3S. The average Bonchev–Trinajstić information content (AvgIpc) is 2.69. The summed E-state index contributed by atoms with van der Waals surface area (Å²) in [5.74, 6) is -0.801. The van der Waals surface area contributed by atoms with Crippen LogP contribution in [0, 0.1) is 0 Å². The van der Waals surface area contributed by atoms with Crippen molar-refractivity contribution in [2.75, 3.05) is 18.8 Å². The molecular weight excluding hydrogens is 310 g/mol. The van der Waals surface area contributed by atoms with Crippen LogP contribution in [0.1, 0.15) is 31.2 Å². The van der Waals surface area contributed by atoms with E-state index < -0.39 is 15.6 Å². The van der Waals surface area contributed by atoms with Gasteiger partial charge in [-0.2, -0.15) is 0 Å². The van der Waals surface area contributed by atoms with Crippen molar-refractivity contribution >= 4 is 27.3 Å². The molecule has 1 aromatic rings. The van der Waals surface area contributed by atoms with Gasteiger partial charge in [0.05, 0.1) is 5.75 Å². The van der Waals surface area contributed by atoms with E-state index in [1.54, 1.807) is 29.2 Å². The molecule has 0 saturated carbocycles. The number of benzene rings is 1. The van der Waals surface area contributed by atoms with Crippen molar-refractivity contribution in [2.45, 2.75) is 31.4 Å². The standard InChI is InChI=1S/C15H20ClNO3S/c16-14-7-5-13(6-8-14)11-21(19,20)12-15(18)17-9-3-1-2-4-10-17/h5-8H,1-4,9-12H2. The number of rotatable bonds is 4. The molecule has 0 aliphatic carbocycles. The summed E-state index contributed by atoms with van der Waals surface area (Å²) >= 11 is 5.77. The zero-order valence-electron chi connectivity index (χ0n) is 11.9. The van der Waals surface area contributed by atoms with Gasteiger partial charge >= 0.3 is 0 Å². The fraction of sp³-hybridized carbons (Fsp3) is 0.533. The van der Waals surface area contributed by atoms with Crippen LogP contribution in [-0.2, 0) is 20.4 Å². The molecule has 0 atom stereocenters. The minimum atomic E-state index is -3.44. The Balaban J connectivity index is 1.96. The summed E-state index contributed by atoms with van der Waals surface area (Å²) in [4.78, 5) is 13.8. The molecule has 1 aliphatic rings. The van der Waals surface area contributed by atoms with E-state index in [2.05, 4.69) is 0 Å². The van der Waals surface area contributed by atoms with Crippen molar-refractivity contribution in [3.05, 3.63) is 34.9 Å². The lowest BCUT2D eigenvalue weighted by molar-refractivity contribution is -0.128. The lowest BCUT2D eigenvalue weighted by Crippen LogP contribution is -2.36. The normalized spacial score (nSPS) is 16.5. The van der Waals surface area contributed by atoms with Crippen molar-refractivity contribution in [3.8, 4) is 0 Å². The molecule has 21 heavy (non-hydrogen) atoms. The van der Waals surface area contributed by atoms with Crippen molar-refractivity contribution in [1.82, 2.24) is 4.90 Å². The molecule has 1 amide bonds. The van der Waals surface area contributed by atoms with Crippen LogP contribution in [0.3, 0.4) is 0 Å². The van der Waals surface area contributed by atoms with Crippen LogP contribution in [0.15, 0.2) is 24.3 Å². The topological polar surface area (TPSA) is 54.5 Å². The van der Waals surface area contributed by atoms with Gasteiger partial charge in [-0.15, -0.1) is 0 Å². The molecule has 0 unspecified atom stereocenters. The van der Waals surface area contributed by atoms with Crippen LogP contribution < -0.4 is 0 Å². The lowest BCUT2D eigenvalue weighted by Gasteiger charge is -2.20. The molecule has 4 nitrogen and oxygen atoms in total. The Hall–Kier alpha value is -1.07. The maximum absolute atomic E-state index is 12.1. The molecule has 116 valence electrons. The molecule has 0 spiro atoms. The van der Waals surface area contributed by atoms with Gasteiger partial charge in [-0.05, 0) is 30.5 Å². The quantitative estimate of drug-likeness (QED) is 0.853. The molecule has 0 bridgehead atoms. The second-order valence-electron chi connectivity index (χ2n) is 5.45. The number of carbonyl (C=O) groups excluding carboxylic acids is 1. The zero-order valence-corrected chi connectivity index (χ0v) is 13.5. The van der Waals surface area contributed by atoms with Gasteiger partial charge in [-0.25, -0.2) is 8.42 Å². The summed E-state index contributed by atoms with van der Waals surface area (Å²) in [7, 11) is -3.44. The third-order valence-electron chi connectivity index (χ3n) is 3.60. The zero-order chi connectivity index (χ0) is 15.3. The molecule has 0 radical (unpaired) electrons. The molecule has 1 aromatic carbocycles. The third-order valence-corrected chi connectivity index (χ3v) is 5.31. The van der Waals surface area contributed by atoms with E-state index in [1.807, 2.05) is 0 Å². The van der Waals surface area contributed by atoms with Crippen molar-refractivity contribution in [2.24, 2.45) is 0 Å². The number of sulfone groups is 1. The van der Waals surface area contributed by atoms with Crippen LogP contribution in [0.2, 0.25) is 5.02 Å². The first-order valence-electron chi connectivity index (χ1n) is 7.19. The first-order chi connectivity index (χ1) is 9.96. The monoisotopic (exact) mass is 329 g/mol. The second kappa shape index (κ2) is 7.27. The summed E-state index contributed by atoms with van der Waals surface area (Å²) in [5, 5.41) is 0.566. The molecule has 0 N–H and O–H groups in total. The van der Waals surface area contributed by atoms with Crippen LogP contribution in [-0.4, -0.2) is 38.1 Å². The maximum atomic E-state index is 12.1. The largest absolute Gasteiger partial charge is 0.342 e. The number of hydrogen-bond donors (Lipinski definition) is 0. The Morgan fingerprint density at radius 2 is 1.62 bits per heavy atom. The van der Waals surface area contributed by atoms with Crippen LogP contribution in [0.25, 0.3) is 0 Å². The molecule has 1 aliphatic heterocycles. The number of hydrogen-bond acceptors (Lipinski definition) is 3. The second-order valence-corrected chi connectivity index (χ2v) is 7.95. The van der Waals surface area contributed by atoms with E-state index in [1.165, 1.54) is 0 Å².